The van der Waals surface area contributed by atoms with E-state index in [-0.39, 0.29) is 5.91 Å². The summed E-state index contributed by atoms with van der Waals surface area (Å²) in [6, 6.07) is 0.606. The van der Waals surface area contributed by atoms with E-state index >= 15 is 0 Å². The van der Waals surface area contributed by atoms with Gasteiger partial charge in [0.2, 0.25) is 5.91 Å². The molecule has 1 heterocycles. The van der Waals surface area contributed by atoms with E-state index in [4.69, 9.17) is 0 Å². The third kappa shape index (κ3) is 3.88. The summed E-state index contributed by atoms with van der Waals surface area (Å²) in [7, 11) is 0. The van der Waals surface area contributed by atoms with Crippen LogP contribution in [0.25, 0.3) is 0 Å². The maximum absolute atomic E-state index is 11.1. The summed E-state index contributed by atoms with van der Waals surface area (Å²) < 4.78 is 0. The molecular formula is C10H20N2OS. The maximum atomic E-state index is 11.1. The van der Waals surface area contributed by atoms with Gasteiger partial charge in [-0.1, -0.05) is 6.92 Å². The van der Waals surface area contributed by atoms with Crippen molar-refractivity contribution in [1.82, 2.24) is 10.6 Å². The molecule has 1 aliphatic heterocycles. The summed E-state index contributed by atoms with van der Waals surface area (Å²) in [6.45, 7) is 5.73. The van der Waals surface area contributed by atoms with Crippen molar-refractivity contribution in [2.24, 2.45) is 0 Å². The number of hydrogen-bond donors (Lipinski definition) is 2. The SMILES string of the molecule is CCNC(=O)CCNC1CCSC1C. The van der Waals surface area contributed by atoms with Crippen molar-refractivity contribution < 1.29 is 4.79 Å². The minimum absolute atomic E-state index is 0.151. The Morgan fingerprint density at radius 1 is 1.57 bits per heavy atom. The number of carbonyl (C=O) groups excluding carboxylic acids is 1. The zero-order valence-electron chi connectivity index (χ0n) is 9.01. The van der Waals surface area contributed by atoms with Crippen LogP contribution in [0.3, 0.4) is 0 Å². The lowest BCUT2D eigenvalue weighted by Gasteiger charge is -2.15. The molecule has 0 bridgehead atoms. The first-order chi connectivity index (χ1) is 6.74. The Morgan fingerprint density at radius 3 is 2.93 bits per heavy atom. The van der Waals surface area contributed by atoms with Crippen molar-refractivity contribution in [3.8, 4) is 0 Å². The van der Waals surface area contributed by atoms with Gasteiger partial charge in [-0.3, -0.25) is 4.79 Å². The minimum Gasteiger partial charge on any atom is -0.356 e. The van der Waals surface area contributed by atoms with Crippen LogP contribution in [0.1, 0.15) is 26.7 Å². The smallest absolute Gasteiger partial charge is 0.221 e. The third-order valence-corrected chi connectivity index (χ3v) is 3.83. The van der Waals surface area contributed by atoms with Gasteiger partial charge in [-0.15, -0.1) is 0 Å². The van der Waals surface area contributed by atoms with E-state index < -0.39 is 0 Å². The molecule has 0 saturated carbocycles. The van der Waals surface area contributed by atoms with Crippen molar-refractivity contribution in [2.75, 3.05) is 18.8 Å². The van der Waals surface area contributed by atoms with Crippen LogP contribution in [0, 0.1) is 0 Å². The highest BCUT2D eigenvalue weighted by atomic mass is 32.2. The molecule has 82 valence electrons. The molecule has 1 amide bonds. The van der Waals surface area contributed by atoms with Gasteiger partial charge in [0.25, 0.3) is 0 Å². The normalized spacial score (nSPS) is 26.4. The molecule has 0 radical (unpaired) electrons. The van der Waals surface area contributed by atoms with Crippen LogP contribution in [0.15, 0.2) is 0 Å². The molecule has 2 N–H and O–H groups in total. The van der Waals surface area contributed by atoms with Gasteiger partial charge in [-0.05, 0) is 19.1 Å². The fraction of sp³-hybridized carbons (Fsp3) is 0.900. The molecule has 4 heteroatoms. The number of thioether (sulfide) groups is 1. The molecule has 1 rings (SSSR count). The van der Waals surface area contributed by atoms with Gasteiger partial charge in [0.15, 0.2) is 0 Å². The van der Waals surface area contributed by atoms with Crippen LogP contribution >= 0.6 is 11.8 Å². The summed E-state index contributed by atoms with van der Waals surface area (Å²) in [5, 5.41) is 6.94. The van der Waals surface area contributed by atoms with Crippen LogP contribution in [0.4, 0.5) is 0 Å². The van der Waals surface area contributed by atoms with Gasteiger partial charge in [0.05, 0.1) is 0 Å². The van der Waals surface area contributed by atoms with Gasteiger partial charge in [0.1, 0.15) is 0 Å². The Bertz CT molecular complexity index is 187. The fourth-order valence-corrected chi connectivity index (χ4v) is 2.88. The first kappa shape index (κ1) is 11.9. The molecule has 1 fully saturated rings. The van der Waals surface area contributed by atoms with Crippen molar-refractivity contribution in [2.45, 2.75) is 38.0 Å². The van der Waals surface area contributed by atoms with Crippen molar-refractivity contribution in [3.05, 3.63) is 0 Å². The molecule has 0 aromatic heterocycles. The minimum atomic E-state index is 0.151. The van der Waals surface area contributed by atoms with Crippen LogP contribution in [-0.4, -0.2) is 36.0 Å². The summed E-state index contributed by atoms with van der Waals surface area (Å²) in [5.41, 5.74) is 0. The second-order valence-corrected chi connectivity index (χ2v) is 5.11. The first-order valence-electron chi connectivity index (χ1n) is 5.35. The second kappa shape index (κ2) is 6.30. The van der Waals surface area contributed by atoms with E-state index in [0.29, 0.717) is 17.7 Å². The number of nitrogens with one attached hydrogen (secondary N) is 2. The summed E-state index contributed by atoms with van der Waals surface area (Å²) in [6.07, 6.45) is 1.84. The van der Waals surface area contributed by atoms with E-state index in [1.54, 1.807) is 0 Å². The molecule has 0 aliphatic carbocycles. The molecule has 2 atom stereocenters. The molecular weight excluding hydrogens is 196 g/mol. The molecule has 1 aliphatic rings. The van der Waals surface area contributed by atoms with Gasteiger partial charge >= 0.3 is 0 Å². The van der Waals surface area contributed by atoms with Crippen LogP contribution in [0.5, 0.6) is 0 Å². The average molecular weight is 216 g/mol. The Kier molecular flexibility index (Phi) is 5.33. The Balaban J connectivity index is 2.06. The van der Waals surface area contributed by atoms with E-state index in [0.717, 1.165) is 13.1 Å². The molecule has 14 heavy (non-hydrogen) atoms. The molecule has 0 aromatic rings. The summed E-state index contributed by atoms with van der Waals surface area (Å²) in [4.78, 5) is 11.1. The predicted molar refractivity (Wildman–Crippen MR) is 61.6 cm³/mol. The lowest BCUT2D eigenvalue weighted by molar-refractivity contribution is -0.120. The second-order valence-electron chi connectivity index (χ2n) is 3.63. The van der Waals surface area contributed by atoms with Crippen LogP contribution in [-0.2, 0) is 4.79 Å². The largest absolute Gasteiger partial charge is 0.356 e. The van der Waals surface area contributed by atoms with Gasteiger partial charge < -0.3 is 10.6 Å². The monoisotopic (exact) mass is 216 g/mol. The standard InChI is InChI=1S/C10H20N2OS/c1-3-11-10(13)4-6-12-9-5-7-14-8(9)2/h8-9,12H,3-7H2,1-2H3,(H,11,13). The first-order valence-corrected chi connectivity index (χ1v) is 6.40. The van der Waals surface area contributed by atoms with E-state index in [1.165, 1.54) is 12.2 Å². The molecule has 0 aromatic carbocycles. The van der Waals surface area contributed by atoms with E-state index in [1.807, 2.05) is 18.7 Å². The quantitative estimate of drug-likeness (QED) is 0.720. The van der Waals surface area contributed by atoms with Crippen LogP contribution in [0.2, 0.25) is 0 Å². The van der Waals surface area contributed by atoms with Crippen molar-refractivity contribution in [1.29, 1.82) is 0 Å². The molecule has 1 saturated heterocycles. The van der Waals surface area contributed by atoms with E-state index in [2.05, 4.69) is 17.6 Å². The molecule has 2 unspecified atom stereocenters. The Morgan fingerprint density at radius 2 is 2.36 bits per heavy atom. The zero-order valence-corrected chi connectivity index (χ0v) is 9.82. The summed E-state index contributed by atoms with van der Waals surface area (Å²) in [5.74, 6) is 1.40. The topological polar surface area (TPSA) is 41.1 Å². The highest BCUT2D eigenvalue weighted by molar-refractivity contribution is 8.00. The highest BCUT2D eigenvalue weighted by Gasteiger charge is 2.22. The third-order valence-electron chi connectivity index (χ3n) is 2.51. The summed E-state index contributed by atoms with van der Waals surface area (Å²) >= 11 is 2.01. The number of hydrogen-bond acceptors (Lipinski definition) is 3. The lowest BCUT2D eigenvalue weighted by Crippen LogP contribution is -2.36. The van der Waals surface area contributed by atoms with Crippen LogP contribution < -0.4 is 10.6 Å². The number of rotatable bonds is 5. The van der Waals surface area contributed by atoms with Gasteiger partial charge in [-0.2, -0.15) is 11.8 Å². The highest BCUT2D eigenvalue weighted by Crippen LogP contribution is 2.25. The van der Waals surface area contributed by atoms with Crippen molar-refractivity contribution in [3.63, 3.8) is 0 Å². The van der Waals surface area contributed by atoms with E-state index in [9.17, 15) is 4.79 Å². The Hall–Kier alpha value is -0.220. The Labute approximate surface area is 90.4 Å². The predicted octanol–water partition coefficient (Wildman–Crippen LogP) is 0.996. The van der Waals surface area contributed by atoms with Crippen molar-refractivity contribution >= 4 is 17.7 Å². The molecule has 0 spiro atoms. The number of amides is 1. The molecule has 3 nitrogen and oxygen atoms in total. The maximum Gasteiger partial charge on any atom is 0.221 e. The average Bonchev–Trinajstić information content (AvgIpc) is 2.52. The fourth-order valence-electron chi connectivity index (χ4n) is 1.66. The lowest BCUT2D eigenvalue weighted by atomic mass is 10.1. The van der Waals surface area contributed by atoms with Gasteiger partial charge in [0, 0.05) is 30.8 Å². The number of carbonyl (C=O) groups is 1. The van der Waals surface area contributed by atoms with Gasteiger partial charge in [-0.25, -0.2) is 0 Å². The zero-order chi connectivity index (χ0) is 10.4.